The van der Waals surface area contributed by atoms with E-state index in [2.05, 4.69) is 12.2 Å². The lowest BCUT2D eigenvalue weighted by Crippen LogP contribution is -2.56. The largest absolute Gasteiger partial charge is 0.292 e. The Labute approximate surface area is 218 Å². The lowest BCUT2D eigenvalue weighted by Gasteiger charge is -2.37. The molecule has 6 nitrogen and oxygen atoms in total. The van der Waals surface area contributed by atoms with Crippen LogP contribution >= 0.6 is 23.2 Å². The third-order valence-corrected chi connectivity index (χ3v) is 9.05. The zero-order chi connectivity index (χ0) is 25.5. The number of halogens is 2. The first-order valence-corrected chi connectivity index (χ1v) is 12.9. The molecule has 4 aliphatic carbocycles. The molecule has 7 rings (SSSR count). The van der Waals surface area contributed by atoms with E-state index in [1.165, 1.54) is 18.2 Å². The van der Waals surface area contributed by atoms with Gasteiger partial charge in [-0.2, -0.15) is 5.01 Å². The van der Waals surface area contributed by atoms with Gasteiger partial charge in [0.25, 0.3) is 17.7 Å². The fraction of sp³-hybridized carbons (Fsp3) is 0.357. The Balaban J connectivity index is 1.41. The van der Waals surface area contributed by atoms with Crippen molar-refractivity contribution in [2.24, 2.45) is 35.5 Å². The second kappa shape index (κ2) is 8.29. The SMILES string of the molecule is Cc1ccc(C(=O)[C@H](C)N(C(=O)c2ccc(Cl)c(Cl)c2)N2C(=O)[C@@H]3[C@H]4C=C[C@@H]([C@@H]5C[C@@H]45)[C@@H]3C2=O)cc1. The van der Waals surface area contributed by atoms with Crippen LogP contribution in [0.25, 0.3) is 0 Å². The maximum absolute atomic E-state index is 13.9. The quantitative estimate of drug-likeness (QED) is 0.315. The number of allylic oxidation sites excluding steroid dienone is 2. The molecular formula is C28H24Cl2N2O4. The summed E-state index contributed by atoms with van der Waals surface area (Å²) in [6.07, 6.45) is 5.17. The maximum atomic E-state index is 13.9. The molecule has 2 bridgehead atoms. The number of nitrogens with zero attached hydrogens (tertiary/aromatic N) is 2. The van der Waals surface area contributed by atoms with Gasteiger partial charge < -0.3 is 0 Å². The monoisotopic (exact) mass is 522 g/mol. The summed E-state index contributed by atoms with van der Waals surface area (Å²) in [6.45, 7) is 3.46. The first-order chi connectivity index (χ1) is 17.2. The van der Waals surface area contributed by atoms with Crippen LogP contribution in [-0.2, 0) is 9.59 Å². The number of aryl methyl sites for hydroxylation is 1. The summed E-state index contributed by atoms with van der Waals surface area (Å²) in [7, 11) is 0. The zero-order valence-corrected chi connectivity index (χ0v) is 21.2. The standard InChI is InChI=1S/C28H24Cl2N2O4/c1-13-3-5-15(6-4-13)25(33)14(2)31(26(34)16-7-10-21(29)22(30)11-16)32-27(35)23-17-8-9-18(20-12-19(17)20)24(23)28(32)36/h3-11,14,17-20,23-24H,12H2,1-2H3/t14-,17-,18-,19-,20-,23-,24+/m0/s1. The van der Waals surface area contributed by atoms with Crippen LogP contribution in [0.15, 0.2) is 54.6 Å². The molecule has 0 spiro atoms. The van der Waals surface area contributed by atoms with Gasteiger partial charge in [0.2, 0.25) is 0 Å². The molecule has 8 heteroatoms. The van der Waals surface area contributed by atoms with Crippen molar-refractivity contribution in [3.63, 3.8) is 0 Å². The van der Waals surface area contributed by atoms with Crippen molar-refractivity contribution in [1.29, 1.82) is 0 Å². The van der Waals surface area contributed by atoms with Crippen molar-refractivity contribution in [2.75, 3.05) is 0 Å². The molecule has 2 aromatic carbocycles. The number of Topliss-reactive ketones (excluding diaryl/α,β-unsaturated/α-hetero) is 1. The minimum Gasteiger partial charge on any atom is -0.292 e. The van der Waals surface area contributed by atoms with Gasteiger partial charge in [-0.25, -0.2) is 5.01 Å². The number of rotatable bonds is 5. The highest BCUT2D eigenvalue weighted by molar-refractivity contribution is 6.42. The van der Waals surface area contributed by atoms with Crippen LogP contribution in [0.2, 0.25) is 10.0 Å². The fourth-order valence-corrected chi connectivity index (χ4v) is 6.72. The van der Waals surface area contributed by atoms with Gasteiger partial charge in [0.15, 0.2) is 5.78 Å². The van der Waals surface area contributed by atoms with Gasteiger partial charge in [0, 0.05) is 11.1 Å². The summed E-state index contributed by atoms with van der Waals surface area (Å²) >= 11 is 12.2. The van der Waals surface area contributed by atoms with Crippen LogP contribution in [0.5, 0.6) is 0 Å². The highest BCUT2D eigenvalue weighted by Gasteiger charge is 2.68. The number of imide groups is 1. The van der Waals surface area contributed by atoms with Crippen molar-refractivity contribution >= 4 is 46.7 Å². The van der Waals surface area contributed by atoms with Crippen molar-refractivity contribution in [1.82, 2.24) is 10.0 Å². The summed E-state index contributed by atoms with van der Waals surface area (Å²) < 4.78 is 0. The molecule has 2 saturated carbocycles. The predicted molar refractivity (Wildman–Crippen MR) is 134 cm³/mol. The van der Waals surface area contributed by atoms with Gasteiger partial charge in [-0.05, 0) is 62.1 Å². The van der Waals surface area contributed by atoms with Crippen molar-refractivity contribution in [2.45, 2.75) is 26.3 Å². The molecule has 36 heavy (non-hydrogen) atoms. The Morgan fingerprint density at radius 2 is 1.44 bits per heavy atom. The van der Waals surface area contributed by atoms with Gasteiger partial charge in [-0.15, -0.1) is 0 Å². The van der Waals surface area contributed by atoms with E-state index < -0.39 is 35.6 Å². The molecular weight excluding hydrogens is 499 g/mol. The number of hydrazine groups is 1. The van der Waals surface area contributed by atoms with Crippen molar-refractivity contribution in [3.8, 4) is 0 Å². The molecule has 3 amide bonds. The molecule has 7 atom stereocenters. The molecule has 0 radical (unpaired) electrons. The van der Waals surface area contributed by atoms with E-state index in [4.69, 9.17) is 23.2 Å². The Morgan fingerprint density at radius 1 is 0.889 bits per heavy atom. The van der Waals surface area contributed by atoms with Crippen LogP contribution in [0.4, 0.5) is 0 Å². The first-order valence-electron chi connectivity index (χ1n) is 12.1. The van der Waals surface area contributed by atoms with E-state index >= 15 is 0 Å². The average molecular weight is 523 g/mol. The summed E-state index contributed by atoms with van der Waals surface area (Å²) in [5, 5.41) is 2.42. The number of amides is 3. The van der Waals surface area contributed by atoms with Crippen LogP contribution < -0.4 is 0 Å². The minimum absolute atomic E-state index is 0.00326. The minimum atomic E-state index is -1.11. The Bertz CT molecular complexity index is 1320. The molecule has 0 unspecified atom stereocenters. The number of ketones is 1. The summed E-state index contributed by atoms with van der Waals surface area (Å²) in [4.78, 5) is 55.1. The van der Waals surface area contributed by atoms with E-state index in [9.17, 15) is 19.2 Å². The summed E-state index contributed by atoms with van der Waals surface area (Å²) in [5.41, 5.74) is 1.50. The maximum Gasteiger partial charge on any atom is 0.273 e. The van der Waals surface area contributed by atoms with E-state index in [0.29, 0.717) is 17.4 Å². The Morgan fingerprint density at radius 3 is 2.00 bits per heavy atom. The third kappa shape index (κ3) is 3.38. The van der Waals surface area contributed by atoms with Crippen molar-refractivity contribution in [3.05, 3.63) is 81.4 Å². The number of carbonyl (C=O) groups excluding carboxylic acids is 4. The second-order valence-electron chi connectivity index (χ2n) is 10.3. The first kappa shape index (κ1) is 23.4. The van der Waals surface area contributed by atoms with Crippen LogP contribution in [-0.4, -0.2) is 39.6 Å². The Hall–Kier alpha value is -2.96. The molecule has 1 heterocycles. The zero-order valence-electron chi connectivity index (χ0n) is 19.7. The summed E-state index contributed by atoms with van der Waals surface area (Å²) in [5.74, 6) is -2.02. The van der Waals surface area contributed by atoms with Crippen LogP contribution in [0, 0.1) is 42.4 Å². The molecule has 1 aliphatic heterocycles. The van der Waals surface area contributed by atoms with Crippen LogP contribution in [0.3, 0.4) is 0 Å². The predicted octanol–water partition coefficient (Wildman–Crippen LogP) is 4.98. The molecule has 3 fully saturated rings. The number of carbonyl (C=O) groups is 4. The molecule has 0 aromatic heterocycles. The van der Waals surface area contributed by atoms with Gasteiger partial charge in [-0.3, -0.25) is 19.2 Å². The molecule has 1 saturated heterocycles. The number of hydrogen-bond donors (Lipinski definition) is 0. The van der Waals surface area contributed by atoms with Crippen LogP contribution in [0.1, 0.15) is 39.6 Å². The Kier molecular flexibility index (Phi) is 5.39. The second-order valence-corrected chi connectivity index (χ2v) is 11.1. The van der Waals surface area contributed by atoms with Gasteiger partial charge in [0.05, 0.1) is 21.9 Å². The topological polar surface area (TPSA) is 74.8 Å². The summed E-state index contributed by atoms with van der Waals surface area (Å²) in [6, 6.07) is 10.2. The normalized spacial score (nSPS) is 30.2. The highest BCUT2D eigenvalue weighted by atomic mass is 35.5. The smallest absolute Gasteiger partial charge is 0.273 e. The van der Waals surface area contributed by atoms with Gasteiger partial charge in [0.1, 0.15) is 6.04 Å². The molecule has 5 aliphatic rings. The average Bonchev–Trinajstić information content (AvgIpc) is 3.65. The van der Waals surface area contributed by atoms with Gasteiger partial charge in [-0.1, -0.05) is 65.2 Å². The van der Waals surface area contributed by atoms with Crippen molar-refractivity contribution < 1.29 is 19.2 Å². The third-order valence-electron chi connectivity index (χ3n) is 8.31. The lowest BCUT2D eigenvalue weighted by atomic mass is 9.63. The van der Waals surface area contributed by atoms with Gasteiger partial charge >= 0.3 is 0 Å². The number of hydrogen-bond acceptors (Lipinski definition) is 4. The van der Waals surface area contributed by atoms with E-state index in [0.717, 1.165) is 22.0 Å². The van der Waals surface area contributed by atoms with E-state index in [1.54, 1.807) is 31.2 Å². The lowest BCUT2D eigenvalue weighted by molar-refractivity contribution is -0.156. The molecule has 2 aromatic rings. The fourth-order valence-electron chi connectivity index (χ4n) is 6.43. The number of benzene rings is 2. The van der Waals surface area contributed by atoms with E-state index in [-0.39, 0.29) is 33.2 Å². The van der Waals surface area contributed by atoms with E-state index in [1.807, 2.05) is 6.92 Å². The molecule has 0 N–H and O–H groups in total. The molecule has 184 valence electrons. The highest BCUT2D eigenvalue weighted by Crippen LogP contribution is 2.65.